The molecule has 0 bridgehead atoms. The third-order valence-corrected chi connectivity index (χ3v) is 4.91. The monoisotopic (exact) mass is 333 g/mol. The molecule has 0 fully saturated rings. The van der Waals surface area contributed by atoms with Gasteiger partial charge in [0.1, 0.15) is 5.82 Å². The Morgan fingerprint density at radius 3 is 2.26 bits per heavy atom. The van der Waals surface area contributed by atoms with E-state index in [-0.39, 0.29) is 22.4 Å². The van der Waals surface area contributed by atoms with E-state index in [1.165, 1.54) is 42.5 Å². The Morgan fingerprint density at radius 1 is 1.09 bits per heavy atom. The van der Waals surface area contributed by atoms with E-state index in [4.69, 9.17) is 0 Å². The lowest BCUT2D eigenvalue weighted by molar-refractivity contribution is -0.111. The lowest BCUT2D eigenvalue weighted by Gasteiger charge is -2.04. The van der Waals surface area contributed by atoms with Crippen LogP contribution in [0.2, 0.25) is 0 Å². The first-order chi connectivity index (χ1) is 10.9. The molecule has 0 unspecified atom stereocenters. The molecule has 0 aromatic heterocycles. The summed E-state index contributed by atoms with van der Waals surface area (Å²) in [6.07, 6.45) is 2.88. The van der Waals surface area contributed by atoms with Gasteiger partial charge in [-0.15, -0.1) is 0 Å². The summed E-state index contributed by atoms with van der Waals surface area (Å²) in [6.45, 7) is 1.57. The van der Waals surface area contributed by atoms with E-state index >= 15 is 0 Å². The van der Waals surface area contributed by atoms with E-state index in [1.807, 2.05) is 0 Å². The Balaban J connectivity index is 2.01. The molecule has 23 heavy (non-hydrogen) atoms. The molecule has 2 aromatic carbocycles. The van der Waals surface area contributed by atoms with Crippen molar-refractivity contribution in [2.24, 2.45) is 0 Å². The van der Waals surface area contributed by atoms with Crippen LogP contribution in [0, 0.1) is 5.82 Å². The number of hydrogen-bond acceptors (Lipinski definition) is 3. The molecule has 2 aromatic rings. The Kier molecular flexibility index (Phi) is 5.28. The predicted molar refractivity (Wildman–Crippen MR) is 88.2 cm³/mol. The molecule has 1 N–H and O–H groups in total. The van der Waals surface area contributed by atoms with Gasteiger partial charge in [-0.2, -0.15) is 0 Å². The van der Waals surface area contributed by atoms with Crippen molar-refractivity contribution in [3.05, 3.63) is 66.0 Å². The van der Waals surface area contributed by atoms with Gasteiger partial charge < -0.3 is 5.32 Å². The first-order valence-corrected chi connectivity index (χ1v) is 8.63. The Morgan fingerprint density at radius 2 is 1.70 bits per heavy atom. The van der Waals surface area contributed by atoms with Crippen LogP contribution in [-0.4, -0.2) is 20.1 Å². The lowest BCUT2D eigenvalue weighted by atomic mass is 10.2. The van der Waals surface area contributed by atoms with Crippen LogP contribution >= 0.6 is 0 Å². The molecule has 6 heteroatoms. The van der Waals surface area contributed by atoms with Gasteiger partial charge in [-0.25, -0.2) is 12.8 Å². The van der Waals surface area contributed by atoms with E-state index in [2.05, 4.69) is 5.32 Å². The summed E-state index contributed by atoms with van der Waals surface area (Å²) in [7, 11) is -3.25. The maximum absolute atomic E-state index is 12.8. The second-order valence-corrected chi connectivity index (χ2v) is 7.08. The number of amides is 1. The highest BCUT2D eigenvalue weighted by Gasteiger charge is 2.10. The predicted octanol–water partition coefficient (Wildman–Crippen LogP) is 3.27. The molecular formula is C17H16FNO3S. The number of nitrogens with one attached hydrogen (secondary N) is 1. The van der Waals surface area contributed by atoms with Gasteiger partial charge in [-0.05, 0) is 48.0 Å². The molecule has 120 valence electrons. The number of halogens is 1. The molecule has 0 saturated carbocycles. The van der Waals surface area contributed by atoms with Gasteiger partial charge in [0.15, 0.2) is 9.84 Å². The van der Waals surface area contributed by atoms with E-state index in [1.54, 1.807) is 25.1 Å². The minimum Gasteiger partial charge on any atom is -0.323 e. The highest BCUT2D eigenvalue weighted by molar-refractivity contribution is 7.91. The number of hydrogen-bond donors (Lipinski definition) is 1. The molecule has 0 radical (unpaired) electrons. The number of sulfone groups is 1. The smallest absolute Gasteiger partial charge is 0.248 e. The zero-order valence-electron chi connectivity index (χ0n) is 12.5. The standard InChI is InChI=1S/C17H16FNO3S/c1-2-23(21,22)16-10-8-15(9-11-16)19-17(20)12-5-13-3-6-14(18)7-4-13/h3-12H,2H2,1H3,(H,19,20). The minimum atomic E-state index is -3.25. The molecule has 0 saturated heterocycles. The molecule has 2 rings (SSSR count). The zero-order chi connectivity index (χ0) is 16.9. The zero-order valence-corrected chi connectivity index (χ0v) is 13.3. The van der Waals surface area contributed by atoms with Crippen molar-refractivity contribution in [3.63, 3.8) is 0 Å². The fraction of sp³-hybridized carbons (Fsp3) is 0.118. The molecule has 0 spiro atoms. The van der Waals surface area contributed by atoms with Crippen molar-refractivity contribution in [2.75, 3.05) is 11.1 Å². The molecule has 0 aliphatic rings. The molecule has 0 atom stereocenters. The second kappa shape index (κ2) is 7.19. The number of carbonyl (C=O) groups excluding carboxylic acids is 1. The summed E-state index contributed by atoms with van der Waals surface area (Å²) >= 11 is 0. The summed E-state index contributed by atoms with van der Waals surface area (Å²) < 4.78 is 36.2. The highest BCUT2D eigenvalue weighted by atomic mass is 32.2. The van der Waals surface area contributed by atoms with Gasteiger partial charge in [0, 0.05) is 11.8 Å². The van der Waals surface area contributed by atoms with Crippen LogP contribution in [0.25, 0.3) is 6.08 Å². The van der Waals surface area contributed by atoms with Gasteiger partial charge in [0.05, 0.1) is 10.6 Å². The largest absolute Gasteiger partial charge is 0.323 e. The number of anilines is 1. The first-order valence-electron chi connectivity index (χ1n) is 6.98. The summed E-state index contributed by atoms with van der Waals surface area (Å²) in [6, 6.07) is 11.7. The molecule has 0 aliphatic carbocycles. The van der Waals surface area contributed by atoms with Gasteiger partial charge in [0.2, 0.25) is 5.91 Å². The van der Waals surface area contributed by atoms with Gasteiger partial charge in [0.25, 0.3) is 0 Å². The maximum Gasteiger partial charge on any atom is 0.248 e. The van der Waals surface area contributed by atoms with Crippen LogP contribution < -0.4 is 5.32 Å². The van der Waals surface area contributed by atoms with Crippen molar-refractivity contribution in [1.29, 1.82) is 0 Å². The van der Waals surface area contributed by atoms with Crippen LogP contribution in [-0.2, 0) is 14.6 Å². The Hall–Kier alpha value is -2.47. The van der Waals surface area contributed by atoms with Crippen molar-refractivity contribution in [1.82, 2.24) is 0 Å². The van der Waals surface area contributed by atoms with E-state index in [9.17, 15) is 17.6 Å². The van der Waals surface area contributed by atoms with Crippen molar-refractivity contribution >= 4 is 27.5 Å². The summed E-state index contributed by atoms with van der Waals surface area (Å²) in [4.78, 5) is 12.0. The van der Waals surface area contributed by atoms with Crippen molar-refractivity contribution in [3.8, 4) is 0 Å². The topological polar surface area (TPSA) is 63.2 Å². The summed E-state index contributed by atoms with van der Waals surface area (Å²) in [5.41, 5.74) is 1.19. The SMILES string of the molecule is CCS(=O)(=O)c1ccc(NC(=O)C=Cc2ccc(F)cc2)cc1. The molecule has 0 heterocycles. The van der Waals surface area contributed by atoms with Crippen LogP contribution in [0.4, 0.5) is 10.1 Å². The Bertz CT molecular complexity index is 810. The number of rotatable bonds is 5. The van der Waals surface area contributed by atoms with Crippen LogP contribution in [0.15, 0.2) is 59.5 Å². The first kappa shape index (κ1) is 16.9. The minimum absolute atomic E-state index is 0.0269. The fourth-order valence-corrected chi connectivity index (χ4v) is 2.73. The number of carbonyl (C=O) groups is 1. The highest BCUT2D eigenvalue weighted by Crippen LogP contribution is 2.15. The maximum atomic E-state index is 12.8. The molecule has 0 aliphatic heterocycles. The average Bonchev–Trinajstić information content (AvgIpc) is 2.55. The number of benzene rings is 2. The summed E-state index contributed by atoms with van der Waals surface area (Å²) in [5, 5.41) is 2.63. The van der Waals surface area contributed by atoms with Gasteiger partial charge >= 0.3 is 0 Å². The molecule has 1 amide bonds. The van der Waals surface area contributed by atoms with E-state index < -0.39 is 9.84 Å². The molecular weight excluding hydrogens is 317 g/mol. The second-order valence-electron chi connectivity index (χ2n) is 4.80. The van der Waals surface area contributed by atoms with Crippen LogP contribution in [0.3, 0.4) is 0 Å². The van der Waals surface area contributed by atoms with Crippen molar-refractivity contribution < 1.29 is 17.6 Å². The average molecular weight is 333 g/mol. The van der Waals surface area contributed by atoms with E-state index in [0.29, 0.717) is 11.3 Å². The normalized spacial score (nSPS) is 11.6. The third-order valence-electron chi connectivity index (χ3n) is 3.16. The van der Waals surface area contributed by atoms with Crippen LogP contribution in [0.1, 0.15) is 12.5 Å². The third kappa shape index (κ3) is 4.75. The molecule has 4 nitrogen and oxygen atoms in total. The quantitative estimate of drug-likeness (QED) is 0.854. The van der Waals surface area contributed by atoms with Gasteiger partial charge in [-0.3, -0.25) is 4.79 Å². The van der Waals surface area contributed by atoms with Crippen molar-refractivity contribution in [2.45, 2.75) is 11.8 Å². The van der Waals surface area contributed by atoms with Gasteiger partial charge in [-0.1, -0.05) is 19.1 Å². The van der Waals surface area contributed by atoms with E-state index in [0.717, 1.165) is 0 Å². The Labute approximate surface area is 134 Å². The van der Waals surface area contributed by atoms with Crippen LogP contribution in [0.5, 0.6) is 0 Å². The summed E-state index contributed by atoms with van der Waals surface area (Å²) in [5.74, 6) is -0.673. The fourth-order valence-electron chi connectivity index (χ4n) is 1.84. The lowest BCUT2D eigenvalue weighted by Crippen LogP contribution is -2.08.